The first-order chi connectivity index (χ1) is 6.09. The van der Waals surface area contributed by atoms with Crippen molar-refractivity contribution >= 4 is 11.0 Å². The van der Waals surface area contributed by atoms with Gasteiger partial charge in [0.25, 0.3) is 0 Å². The van der Waals surface area contributed by atoms with Gasteiger partial charge in [0.05, 0.1) is 5.52 Å². The van der Waals surface area contributed by atoms with E-state index in [2.05, 4.69) is 10.1 Å². The molecule has 0 radical (unpaired) electrons. The molecular weight excluding hydrogens is 166 g/mol. The van der Waals surface area contributed by atoms with Crippen LogP contribution in [0.1, 0.15) is 11.3 Å². The molecule has 0 atom stereocenters. The smallest absolute Gasteiger partial charge is 0.212 e. The van der Waals surface area contributed by atoms with Crippen LogP contribution in [0, 0.1) is 13.8 Å². The molecule has 0 amide bonds. The van der Waals surface area contributed by atoms with Crippen LogP contribution in [0.15, 0.2) is 11.0 Å². The van der Waals surface area contributed by atoms with Crippen LogP contribution in [-0.2, 0) is 7.05 Å². The summed E-state index contributed by atoms with van der Waals surface area (Å²) in [6.07, 6.45) is 1.81. The van der Waals surface area contributed by atoms with Crippen molar-refractivity contribution in [3.8, 4) is 0 Å². The van der Waals surface area contributed by atoms with E-state index in [1.165, 1.54) is 0 Å². The largest absolute Gasteiger partial charge is 0.356 e. The Bertz CT molecular complexity index is 521. The van der Waals surface area contributed by atoms with Gasteiger partial charge in [-0.3, -0.25) is 9.48 Å². The molecule has 1 N–H and O–H groups in total. The Balaban J connectivity index is 3.01. The van der Waals surface area contributed by atoms with E-state index >= 15 is 0 Å². The number of aryl methyl sites for hydroxylation is 2. The SMILES string of the molecule is Cc1[nH]c2cn(C)nc2c(=O)c1C. The third-order valence-electron chi connectivity index (χ3n) is 2.27. The van der Waals surface area contributed by atoms with Crippen molar-refractivity contribution in [2.75, 3.05) is 0 Å². The molecule has 0 aromatic carbocycles. The Morgan fingerprint density at radius 2 is 2.15 bits per heavy atom. The minimum atomic E-state index is 0.0202. The summed E-state index contributed by atoms with van der Waals surface area (Å²) in [4.78, 5) is 14.8. The van der Waals surface area contributed by atoms with Crippen LogP contribution >= 0.6 is 0 Å². The minimum absolute atomic E-state index is 0.0202. The fourth-order valence-electron chi connectivity index (χ4n) is 1.39. The van der Waals surface area contributed by atoms with Crippen molar-refractivity contribution in [1.29, 1.82) is 0 Å². The van der Waals surface area contributed by atoms with Crippen LogP contribution < -0.4 is 5.43 Å². The van der Waals surface area contributed by atoms with Gasteiger partial charge >= 0.3 is 0 Å². The van der Waals surface area contributed by atoms with Crippen LogP contribution in [0.25, 0.3) is 11.0 Å². The van der Waals surface area contributed by atoms with Gasteiger partial charge in [-0.15, -0.1) is 0 Å². The average molecular weight is 177 g/mol. The van der Waals surface area contributed by atoms with Gasteiger partial charge in [-0.1, -0.05) is 0 Å². The number of H-pyrrole nitrogens is 1. The molecule has 4 nitrogen and oxygen atoms in total. The number of rotatable bonds is 0. The molecule has 0 aliphatic carbocycles. The highest BCUT2D eigenvalue weighted by Crippen LogP contribution is 2.07. The van der Waals surface area contributed by atoms with Crippen molar-refractivity contribution in [3.63, 3.8) is 0 Å². The molecule has 4 heteroatoms. The predicted molar refractivity (Wildman–Crippen MR) is 50.8 cm³/mol. The topological polar surface area (TPSA) is 50.7 Å². The van der Waals surface area contributed by atoms with Gasteiger partial charge in [0, 0.05) is 24.5 Å². The molecule has 0 aliphatic rings. The van der Waals surface area contributed by atoms with Gasteiger partial charge in [0.15, 0.2) is 5.52 Å². The first-order valence-corrected chi connectivity index (χ1v) is 4.12. The van der Waals surface area contributed by atoms with Crippen LogP contribution in [0.3, 0.4) is 0 Å². The first-order valence-electron chi connectivity index (χ1n) is 4.12. The number of nitrogens with one attached hydrogen (secondary N) is 1. The summed E-state index contributed by atoms with van der Waals surface area (Å²) in [7, 11) is 1.80. The minimum Gasteiger partial charge on any atom is -0.356 e. The fraction of sp³-hybridized carbons (Fsp3) is 0.333. The van der Waals surface area contributed by atoms with E-state index in [1.54, 1.807) is 11.7 Å². The highest BCUT2D eigenvalue weighted by Gasteiger charge is 2.07. The molecule has 2 rings (SSSR count). The van der Waals surface area contributed by atoms with Gasteiger partial charge in [0.2, 0.25) is 5.43 Å². The second-order valence-corrected chi connectivity index (χ2v) is 3.27. The van der Waals surface area contributed by atoms with Crippen molar-refractivity contribution in [2.45, 2.75) is 13.8 Å². The number of aromatic nitrogens is 3. The van der Waals surface area contributed by atoms with Crippen molar-refractivity contribution in [1.82, 2.24) is 14.8 Å². The van der Waals surface area contributed by atoms with Gasteiger partial charge in [-0.05, 0) is 13.8 Å². The Kier molecular flexibility index (Phi) is 1.52. The molecule has 2 aromatic rings. The predicted octanol–water partition coefficient (Wildman–Crippen LogP) is 0.878. The Morgan fingerprint density at radius 3 is 2.85 bits per heavy atom. The van der Waals surface area contributed by atoms with Crippen LogP contribution in [0.2, 0.25) is 0 Å². The second-order valence-electron chi connectivity index (χ2n) is 3.27. The van der Waals surface area contributed by atoms with E-state index in [1.807, 2.05) is 20.0 Å². The number of nitrogens with zero attached hydrogens (tertiary/aromatic N) is 2. The molecule has 0 aliphatic heterocycles. The van der Waals surface area contributed by atoms with E-state index in [9.17, 15) is 4.79 Å². The van der Waals surface area contributed by atoms with Crippen molar-refractivity contribution in [2.24, 2.45) is 7.05 Å². The quantitative estimate of drug-likeness (QED) is 0.649. The highest BCUT2D eigenvalue weighted by molar-refractivity contribution is 5.74. The third kappa shape index (κ3) is 1.06. The molecule has 68 valence electrons. The maximum Gasteiger partial charge on any atom is 0.212 e. The number of fused-ring (bicyclic) bond motifs is 1. The monoisotopic (exact) mass is 177 g/mol. The molecule has 0 spiro atoms. The lowest BCUT2D eigenvalue weighted by atomic mass is 10.2. The number of pyridine rings is 1. The van der Waals surface area contributed by atoms with Gasteiger partial charge < -0.3 is 4.98 Å². The fourth-order valence-corrected chi connectivity index (χ4v) is 1.39. The average Bonchev–Trinajstić information content (AvgIpc) is 2.42. The van der Waals surface area contributed by atoms with Crippen LogP contribution in [0.5, 0.6) is 0 Å². The molecule has 2 heterocycles. The first kappa shape index (κ1) is 8.04. The zero-order valence-electron chi connectivity index (χ0n) is 7.88. The molecule has 0 unspecified atom stereocenters. The van der Waals surface area contributed by atoms with Crippen LogP contribution in [-0.4, -0.2) is 14.8 Å². The maximum atomic E-state index is 11.7. The standard InChI is InChI=1S/C9H11N3O/c1-5-6(2)10-7-4-12(3)11-8(7)9(5)13/h4,10H,1-3H3. The zero-order chi connectivity index (χ0) is 9.59. The molecule has 2 aromatic heterocycles. The lowest BCUT2D eigenvalue weighted by molar-refractivity contribution is 0.778. The molecule has 0 bridgehead atoms. The van der Waals surface area contributed by atoms with Crippen LogP contribution in [0.4, 0.5) is 0 Å². The van der Waals surface area contributed by atoms with E-state index in [-0.39, 0.29) is 5.43 Å². The Labute approximate surface area is 75.2 Å². The molecule has 0 fully saturated rings. The van der Waals surface area contributed by atoms with E-state index in [0.717, 1.165) is 16.8 Å². The van der Waals surface area contributed by atoms with Gasteiger partial charge in [-0.25, -0.2) is 0 Å². The molecule has 13 heavy (non-hydrogen) atoms. The van der Waals surface area contributed by atoms with E-state index in [0.29, 0.717) is 5.52 Å². The summed E-state index contributed by atoms with van der Waals surface area (Å²) >= 11 is 0. The summed E-state index contributed by atoms with van der Waals surface area (Å²) in [6, 6.07) is 0. The molecule has 0 saturated heterocycles. The Hall–Kier alpha value is -1.58. The summed E-state index contributed by atoms with van der Waals surface area (Å²) in [6.45, 7) is 3.70. The lowest BCUT2D eigenvalue weighted by Gasteiger charge is -1.97. The zero-order valence-corrected chi connectivity index (χ0v) is 7.88. The normalized spacial score (nSPS) is 11.0. The summed E-state index contributed by atoms with van der Waals surface area (Å²) in [5.41, 5.74) is 2.99. The summed E-state index contributed by atoms with van der Waals surface area (Å²) in [5.74, 6) is 0. The van der Waals surface area contributed by atoms with Crippen molar-refractivity contribution < 1.29 is 0 Å². The van der Waals surface area contributed by atoms with Crippen molar-refractivity contribution in [3.05, 3.63) is 27.7 Å². The second kappa shape index (κ2) is 2.45. The summed E-state index contributed by atoms with van der Waals surface area (Å²) in [5, 5.41) is 4.09. The van der Waals surface area contributed by atoms with E-state index in [4.69, 9.17) is 0 Å². The molecule has 0 saturated carbocycles. The van der Waals surface area contributed by atoms with E-state index < -0.39 is 0 Å². The van der Waals surface area contributed by atoms with Gasteiger partial charge in [-0.2, -0.15) is 5.10 Å². The number of hydrogen-bond acceptors (Lipinski definition) is 2. The third-order valence-corrected chi connectivity index (χ3v) is 2.27. The Morgan fingerprint density at radius 1 is 1.46 bits per heavy atom. The summed E-state index contributed by atoms with van der Waals surface area (Å²) < 4.78 is 1.64. The highest BCUT2D eigenvalue weighted by atomic mass is 16.1. The maximum absolute atomic E-state index is 11.7. The molecular formula is C9H11N3O. The lowest BCUT2D eigenvalue weighted by Crippen LogP contribution is -2.09. The number of hydrogen-bond donors (Lipinski definition) is 1. The van der Waals surface area contributed by atoms with Gasteiger partial charge in [0.1, 0.15) is 0 Å². The number of aromatic amines is 1.